The summed E-state index contributed by atoms with van der Waals surface area (Å²) in [6, 6.07) is 0. The van der Waals surface area contributed by atoms with Gasteiger partial charge in [0.25, 0.3) is 0 Å². The highest BCUT2D eigenvalue weighted by atomic mass is 19.4. The lowest BCUT2D eigenvalue weighted by Gasteiger charge is -2.07. The first-order chi connectivity index (χ1) is 7.22. The second-order valence-electron chi connectivity index (χ2n) is 2.76. The van der Waals surface area contributed by atoms with E-state index in [1.54, 1.807) is 0 Å². The lowest BCUT2D eigenvalue weighted by molar-refractivity contribution is -0.390. The van der Waals surface area contributed by atoms with Crippen LogP contribution in [0.1, 0.15) is 5.56 Å². The molecule has 0 aliphatic rings. The van der Waals surface area contributed by atoms with Crippen LogP contribution < -0.4 is 10.2 Å². The van der Waals surface area contributed by atoms with Gasteiger partial charge in [-0.3, -0.25) is 4.79 Å². The van der Waals surface area contributed by atoms with Gasteiger partial charge in [-0.15, -0.1) is 13.2 Å². The zero-order chi connectivity index (χ0) is 12.5. The molecule has 0 aliphatic heterocycles. The molecule has 0 bridgehead atoms. The van der Waals surface area contributed by atoms with Crippen molar-refractivity contribution in [1.82, 2.24) is 4.98 Å². The molecule has 0 atom stereocenters. The number of halogens is 3. The molecule has 0 radical (unpaired) electrons. The lowest BCUT2D eigenvalue weighted by Crippen LogP contribution is -2.23. The Labute approximate surface area is 85.8 Å². The number of hydrogen-bond donors (Lipinski definition) is 1. The number of H-pyrrole nitrogens is 1. The number of nitro groups is 1. The van der Waals surface area contributed by atoms with Gasteiger partial charge in [0.15, 0.2) is 0 Å². The van der Waals surface area contributed by atoms with Gasteiger partial charge >= 0.3 is 12.2 Å². The molecule has 1 aromatic heterocycles. The molecule has 6 nitrogen and oxygen atoms in total. The van der Waals surface area contributed by atoms with Gasteiger partial charge in [0.05, 0.1) is 5.56 Å². The van der Waals surface area contributed by atoms with E-state index in [0.717, 1.165) is 6.92 Å². The van der Waals surface area contributed by atoms with Crippen molar-refractivity contribution in [3.05, 3.63) is 32.1 Å². The van der Waals surface area contributed by atoms with Crippen LogP contribution in [0.5, 0.6) is 5.75 Å². The number of alkyl halides is 3. The van der Waals surface area contributed by atoms with Crippen molar-refractivity contribution < 1.29 is 22.8 Å². The number of rotatable bonds is 2. The number of nitrogens with one attached hydrogen (secondary N) is 1. The minimum Gasteiger partial charge on any atom is -0.398 e. The number of nitrogens with zero attached hydrogens (tertiary/aromatic N) is 1. The van der Waals surface area contributed by atoms with Crippen LogP contribution in [0, 0.1) is 17.0 Å². The van der Waals surface area contributed by atoms with Crippen LogP contribution in [0.3, 0.4) is 0 Å². The van der Waals surface area contributed by atoms with E-state index in [2.05, 4.69) is 4.74 Å². The molecule has 0 fully saturated rings. The first kappa shape index (κ1) is 12.0. The third kappa shape index (κ3) is 2.49. The third-order valence-electron chi connectivity index (χ3n) is 1.67. The van der Waals surface area contributed by atoms with Crippen LogP contribution in [-0.2, 0) is 0 Å². The average Bonchev–Trinajstić information content (AvgIpc) is 2.10. The largest absolute Gasteiger partial charge is 0.573 e. The fourth-order valence-electron chi connectivity index (χ4n) is 0.990. The third-order valence-corrected chi connectivity index (χ3v) is 1.67. The van der Waals surface area contributed by atoms with Crippen LogP contribution in [-0.4, -0.2) is 16.3 Å². The Bertz CT molecular complexity index is 480. The number of pyridine rings is 1. The zero-order valence-corrected chi connectivity index (χ0v) is 7.79. The highest BCUT2D eigenvalue weighted by molar-refractivity contribution is 5.36. The maximum absolute atomic E-state index is 11.8. The molecule has 0 saturated heterocycles. The van der Waals surface area contributed by atoms with Crippen LogP contribution in [0.2, 0.25) is 0 Å². The molecular weight excluding hydrogens is 233 g/mol. The van der Waals surface area contributed by atoms with Gasteiger partial charge in [-0.25, -0.2) is 4.98 Å². The normalized spacial score (nSPS) is 11.2. The molecule has 1 rings (SSSR count). The Kier molecular flexibility index (Phi) is 2.88. The number of ether oxygens (including phenoxy) is 1. The monoisotopic (exact) mass is 238 g/mol. The summed E-state index contributed by atoms with van der Waals surface area (Å²) in [5.74, 6) is -1.70. The summed E-state index contributed by atoms with van der Waals surface area (Å²) >= 11 is 0. The SMILES string of the molecule is Cc1c([N+](=O)[O-])[nH]cc(OC(F)(F)F)c1=O. The maximum Gasteiger partial charge on any atom is 0.573 e. The second-order valence-corrected chi connectivity index (χ2v) is 2.76. The van der Waals surface area contributed by atoms with E-state index in [1.807, 2.05) is 4.98 Å². The topological polar surface area (TPSA) is 85.2 Å². The van der Waals surface area contributed by atoms with Crippen molar-refractivity contribution in [2.45, 2.75) is 13.3 Å². The van der Waals surface area contributed by atoms with Crippen LogP contribution in [0.25, 0.3) is 0 Å². The van der Waals surface area contributed by atoms with E-state index in [0.29, 0.717) is 6.20 Å². The minimum absolute atomic E-state index is 0.452. The fraction of sp³-hybridized carbons (Fsp3) is 0.286. The van der Waals surface area contributed by atoms with Gasteiger partial charge in [0, 0.05) is 0 Å². The standard InChI is InChI=1S/C7H5F3N2O4/c1-3-5(13)4(16-7(8,9)10)2-11-6(3)12(14)15/h2H,1H3,(H,11,13). The molecule has 16 heavy (non-hydrogen) atoms. The predicted molar refractivity (Wildman–Crippen MR) is 45.1 cm³/mol. The summed E-state index contributed by atoms with van der Waals surface area (Å²) in [4.78, 5) is 22.6. The van der Waals surface area contributed by atoms with Gasteiger partial charge in [0.1, 0.15) is 6.20 Å². The molecule has 0 unspecified atom stereocenters. The average molecular weight is 238 g/mol. The Morgan fingerprint density at radius 1 is 1.50 bits per heavy atom. The summed E-state index contributed by atoms with van der Waals surface area (Å²) in [6.07, 6.45) is -4.52. The van der Waals surface area contributed by atoms with E-state index in [1.165, 1.54) is 0 Å². The fourth-order valence-corrected chi connectivity index (χ4v) is 0.990. The summed E-state index contributed by atoms with van der Waals surface area (Å²) in [7, 11) is 0. The summed E-state index contributed by atoms with van der Waals surface area (Å²) in [5.41, 5.74) is -1.63. The molecular formula is C7H5F3N2O4. The molecule has 1 heterocycles. The molecule has 0 spiro atoms. The Morgan fingerprint density at radius 3 is 2.50 bits per heavy atom. The number of aromatic nitrogens is 1. The highest BCUT2D eigenvalue weighted by Gasteiger charge is 2.33. The van der Waals surface area contributed by atoms with Gasteiger partial charge < -0.3 is 14.9 Å². The van der Waals surface area contributed by atoms with Crippen LogP contribution >= 0.6 is 0 Å². The number of aromatic amines is 1. The first-order valence-electron chi connectivity index (χ1n) is 3.85. The first-order valence-corrected chi connectivity index (χ1v) is 3.85. The van der Waals surface area contributed by atoms with E-state index >= 15 is 0 Å². The van der Waals surface area contributed by atoms with Gasteiger partial charge in [0.2, 0.25) is 11.2 Å². The maximum atomic E-state index is 11.8. The molecule has 0 aliphatic carbocycles. The predicted octanol–water partition coefficient (Wildman–Crippen LogP) is 1.49. The van der Waals surface area contributed by atoms with Gasteiger partial charge in [-0.2, -0.15) is 0 Å². The van der Waals surface area contributed by atoms with Crippen molar-refractivity contribution >= 4 is 5.82 Å². The lowest BCUT2D eigenvalue weighted by atomic mass is 10.2. The quantitative estimate of drug-likeness (QED) is 0.624. The Balaban J connectivity index is 3.23. The Hall–Kier alpha value is -2.06. The van der Waals surface area contributed by atoms with E-state index in [4.69, 9.17) is 0 Å². The molecule has 0 saturated carbocycles. The van der Waals surface area contributed by atoms with Crippen molar-refractivity contribution in [3.63, 3.8) is 0 Å². The van der Waals surface area contributed by atoms with E-state index in [-0.39, 0.29) is 0 Å². The molecule has 0 aromatic carbocycles. The van der Waals surface area contributed by atoms with Crippen LogP contribution in [0.4, 0.5) is 19.0 Å². The van der Waals surface area contributed by atoms with E-state index < -0.39 is 33.8 Å². The summed E-state index contributed by atoms with van der Waals surface area (Å²) < 4.78 is 38.8. The zero-order valence-electron chi connectivity index (χ0n) is 7.79. The minimum atomic E-state index is -5.02. The van der Waals surface area contributed by atoms with Crippen molar-refractivity contribution in [1.29, 1.82) is 0 Å². The van der Waals surface area contributed by atoms with Crippen molar-refractivity contribution in [3.8, 4) is 5.75 Å². The van der Waals surface area contributed by atoms with Gasteiger partial charge in [-0.05, 0) is 11.8 Å². The number of hydrogen-bond acceptors (Lipinski definition) is 4. The Morgan fingerprint density at radius 2 is 2.06 bits per heavy atom. The van der Waals surface area contributed by atoms with Crippen LogP contribution in [0.15, 0.2) is 11.0 Å². The summed E-state index contributed by atoms with van der Waals surface area (Å²) in [6.45, 7) is 1.03. The summed E-state index contributed by atoms with van der Waals surface area (Å²) in [5, 5.41) is 10.3. The van der Waals surface area contributed by atoms with E-state index in [9.17, 15) is 28.1 Å². The van der Waals surface area contributed by atoms with Crippen molar-refractivity contribution in [2.75, 3.05) is 0 Å². The molecule has 9 heteroatoms. The molecule has 88 valence electrons. The smallest absolute Gasteiger partial charge is 0.398 e. The molecule has 1 N–H and O–H groups in total. The second kappa shape index (κ2) is 3.83. The van der Waals surface area contributed by atoms with Gasteiger partial charge in [-0.1, -0.05) is 0 Å². The molecule has 1 aromatic rings. The van der Waals surface area contributed by atoms with Crippen molar-refractivity contribution in [2.24, 2.45) is 0 Å². The highest BCUT2D eigenvalue weighted by Crippen LogP contribution is 2.21. The molecule has 0 amide bonds.